The number of nitrogens with one attached hydrogen (secondary N) is 1. The smallest absolute Gasteiger partial charge is 0.413 e. The van der Waals surface area contributed by atoms with Crippen LogP contribution in [0.3, 0.4) is 0 Å². The summed E-state index contributed by atoms with van der Waals surface area (Å²) in [5, 5.41) is 3.28. The molecule has 7 heteroatoms. The fraction of sp³-hybridized carbons (Fsp3) is 0.529. The second-order valence-electron chi connectivity index (χ2n) is 6.33. The number of aromatic nitrogens is 1. The van der Waals surface area contributed by atoms with Crippen LogP contribution in [0.2, 0.25) is 0 Å². The van der Waals surface area contributed by atoms with Gasteiger partial charge in [-0.3, -0.25) is 10.2 Å². The molecule has 0 unspecified atom stereocenters. The number of morpholine rings is 1. The molecule has 0 aliphatic carbocycles. The molecule has 1 amide bonds. The molecule has 0 bridgehead atoms. The molecule has 0 atom stereocenters. The van der Waals surface area contributed by atoms with Gasteiger partial charge in [-0.05, 0) is 23.6 Å². The Labute approximate surface area is 145 Å². The highest BCUT2D eigenvalue weighted by atomic mass is 32.1. The van der Waals surface area contributed by atoms with Crippen LogP contribution in [0.15, 0.2) is 18.2 Å². The fourth-order valence-electron chi connectivity index (χ4n) is 2.50. The average Bonchev–Trinajstić information content (AvgIpc) is 2.95. The van der Waals surface area contributed by atoms with Crippen molar-refractivity contribution in [3.8, 4) is 0 Å². The van der Waals surface area contributed by atoms with E-state index in [1.54, 1.807) is 0 Å². The number of hydrogen-bond donors (Lipinski definition) is 1. The lowest BCUT2D eigenvalue weighted by Gasteiger charge is -2.26. The molecule has 1 saturated heterocycles. The van der Waals surface area contributed by atoms with Gasteiger partial charge in [-0.25, -0.2) is 9.78 Å². The number of rotatable bonds is 5. The molecule has 1 N–H and O–H groups in total. The molecule has 0 saturated carbocycles. The van der Waals surface area contributed by atoms with Gasteiger partial charge in [-0.1, -0.05) is 31.3 Å². The first-order valence-corrected chi connectivity index (χ1v) is 9.05. The Morgan fingerprint density at radius 3 is 2.96 bits per heavy atom. The number of ether oxygens (including phenoxy) is 2. The van der Waals surface area contributed by atoms with Crippen molar-refractivity contribution >= 4 is 32.8 Å². The van der Waals surface area contributed by atoms with E-state index in [4.69, 9.17) is 9.47 Å². The molecular weight excluding hydrogens is 326 g/mol. The minimum Gasteiger partial charge on any atom is -0.449 e. The molecule has 130 valence electrons. The molecular formula is C17H23N3O3S. The third kappa shape index (κ3) is 4.66. The number of fused-ring (bicyclic) bond motifs is 1. The molecule has 1 aliphatic rings. The van der Waals surface area contributed by atoms with Crippen LogP contribution < -0.4 is 5.32 Å². The number of benzene rings is 1. The zero-order chi connectivity index (χ0) is 16.9. The van der Waals surface area contributed by atoms with Crippen LogP contribution in [0, 0.1) is 5.92 Å². The molecule has 3 rings (SSSR count). The van der Waals surface area contributed by atoms with Crippen LogP contribution in [-0.4, -0.2) is 48.9 Å². The van der Waals surface area contributed by atoms with Crippen molar-refractivity contribution in [1.82, 2.24) is 9.88 Å². The van der Waals surface area contributed by atoms with E-state index in [1.165, 1.54) is 16.9 Å². The van der Waals surface area contributed by atoms with E-state index >= 15 is 0 Å². The second-order valence-corrected chi connectivity index (χ2v) is 7.36. The lowest BCUT2D eigenvalue weighted by Crippen LogP contribution is -2.35. The fourth-order valence-corrected chi connectivity index (χ4v) is 3.42. The summed E-state index contributed by atoms with van der Waals surface area (Å²) in [7, 11) is 0. The van der Waals surface area contributed by atoms with Gasteiger partial charge in [-0.2, -0.15) is 0 Å². The first-order valence-electron chi connectivity index (χ1n) is 8.23. The van der Waals surface area contributed by atoms with Crippen molar-refractivity contribution in [2.75, 3.05) is 38.2 Å². The van der Waals surface area contributed by atoms with Crippen LogP contribution in [0.1, 0.15) is 19.4 Å². The second kappa shape index (κ2) is 7.92. The van der Waals surface area contributed by atoms with Crippen LogP contribution in [0.5, 0.6) is 0 Å². The predicted molar refractivity (Wildman–Crippen MR) is 95.5 cm³/mol. The number of nitrogens with zero attached hydrogens (tertiary/aromatic N) is 2. The van der Waals surface area contributed by atoms with Crippen molar-refractivity contribution in [2.24, 2.45) is 5.92 Å². The summed E-state index contributed by atoms with van der Waals surface area (Å²) in [6.07, 6.45) is -0.448. The third-order valence-electron chi connectivity index (χ3n) is 3.72. The molecule has 2 aromatic rings. The third-order valence-corrected chi connectivity index (χ3v) is 4.65. The Balaban J connectivity index is 1.63. The average molecular weight is 349 g/mol. The number of anilines is 1. The maximum absolute atomic E-state index is 11.7. The number of thiazole rings is 1. The molecule has 24 heavy (non-hydrogen) atoms. The van der Waals surface area contributed by atoms with Crippen molar-refractivity contribution in [3.05, 3.63) is 23.8 Å². The van der Waals surface area contributed by atoms with Crippen molar-refractivity contribution in [2.45, 2.75) is 20.4 Å². The van der Waals surface area contributed by atoms with E-state index < -0.39 is 6.09 Å². The maximum Gasteiger partial charge on any atom is 0.413 e. The van der Waals surface area contributed by atoms with Gasteiger partial charge in [0, 0.05) is 19.6 Å². The minimum atomic E-state index is -0.448. The summed E-state index contributed by atoms with van der Waals surface area (Å²) in [6, 6.07) is 6.25. The summed E-state index contributed by atoms with van der Waals surface area (Å²) >= 11 is 1.47. The highest BCUT2D eigenvalue weighted by molar-refractivity contribution is 7.22. The van der Waals surface area contributed by atoms with E-state index in [9.17, 15) is 4.79 Å². The van der Waals surface area contributed by atoms with Gasteiger partial charge < -0.3 is 9.47 Å². The molecule has 0 radical (unpaired) electrons. The van der Waals surface area contributed by atoms with Crippen LogP contribution in [0.25, 0.3) is 10.2 Å². The highest BCUT2D eigenvalue weighted by Gasteiger charge is 2.13. The Kier molecular flexibility index (Phi) is 5.65. The summed E-state index contributed by atoms with van der Waals surface area (Å²) in [4.78, 5) is 18.6. The lowest BCUT2D eigenvalue weighted by molar-refractivity contribution is 0.0342. The van der Waals surface area contributed by atoms with Crippen LogP contribution in [-0.2, 0) is 16.0 Å². The predicted octanol–water partition coefficient (Wildman–Crippen LogP) is 3.33. The standard InChI is InChI=1S/C17H23N3O3S/c1-12(2)11-23-17(21)19-16-18-14-4-3-13(9-15(14)24-16)10-20-5-7-22-8-6-20/h3-4,9,12H,5-8,10-11H2,1-2H3,(H,18,19,21). The Morgan fingerprint density at radius 1 is 1.42 bits per heavy atom. The number of hydrogen-bond acceptors (Lipinski definition) is 6. The van der Waals surface area contributed by atoms with Crippen molar-refractivity contribution in [1.29, 1.82) is 0 Å². The molecule has 1 aliphatic heterocycles. The van der Waals surface area contributed by atoms with Gasteiger partial charge in [-0.15, -0.1) is 0 Å². The number of carbonyl (C=O) groups excluding carboxylic acids is 1. The SMILES string of the molecule is CC(C)COC(=O)Nc1nc2ccc(CN3CCOCC3)cc2s1. The quantitative estimate of drug-likeness (QED) is 0.897. The molecule has 1 aromatic heterocycles. The van der Waals surface area contributed by atoms with Gasteiger partial charge in [0.25, 0.3) is 0 Å². The first-order chi connectivity index (χ1) is 11.6. The van der Waals surface area contributed by atoms with Gasteiger partial charge in [0.2, 0.25) is 0 Å². The maximum atomic E-state index is 11.7. The Morgan fingerprint density at radius 2 is 2.21 bits per heavy atom. The monoisotopic (exact) mass is 349 g/mol. The largest absolute Gasteiger partial charge is 0.449 e. The van der Waals surface area contributed by atoms with Gasteiger partial charge in [0.15, 0.2) is 5.13 Å². The molecule has 2 heterocycles. The topological polar surface area (TPSA) is 63.7 Å². The van der Waals surface area contributed by atoms with Gasteiger partial charge >= 0.3 is 6.09 Å². The zero-order valence-electron chi connectivity index (χ0n) is 14.1. The van der Waals surface area contributed by atoms with E-state index in [0.717, 1.165) is 43.1 Å². The van der Waals surface area contributed by atoms with Crippen molar-refractivity contribution in [3.63, 3.8) is 0 Å². The summed E-state index contributed by atoms with van der Waals surface area (Å²) in [5.41, 5.74) is 2.15. The van der Waals surface area contributed by atoms with Gasteiger partial charge in [0.1, 0.15) is 0 Å². The first kappa shape index (κ1) is 17.1. The van der Waals surface area contributed by atoms with Crippen LogP contribution in [0.4, 0.5) is 9.93 Å². The van der Waals surface area contributed by atoms with E-state index in [-0.39, 0.29) is 0 Å². The molecule has 6 nitrogen and oxygen atoms in total. The van der Waals surface area contributed by atoms with E-state index in [1.807, 2.05) is 19.9 Å². The van der Waals surface area contributed by atoms with E-state index in [2.05, 4.69) is 27.3 Å². The molecule has 0 spiro atoms. The summed E-state index contributed by atoms with van der Waals surface area (Å²) < 4.78 is 11.6. The van der Waals surface area contributed by atoms with Crippen molar-refractivity contribution < 1.29 is 14.3 Å². The van der Waals surface area contributed by atoms with E-state index in [0.29, 0.717) is 17.7 Å². The highest BCUT2D eigenvalue weighted by Crippen LogP contribution is 2.27. The lowest BCUT2D eigenvalue weighted by atomic mass is 10.2. The van der Waals surface area contributed by atoms with Crippen LogP contribution >= 0.6 is 11.3 Å². The Bertz CT molecular complexity index is 695. The number of carbonyl (C=O) groups is 1. The summed E-state index contributed by atoms with van der Waals surface area (Å²) in [5.74, 6) is 0.314. The summed E-state index contributed by atoms with van der Waals surface area (Å²) in [6.45, 7) is 8.86. The Hall–Kier alpha value is -1.70. The molecule has 1 aromatic carbocycles. The number of amides is 1. The normalized spacial score (nSPS) is 15.8. The molecule has 1 fully saturated rings. The zero-order valence-corrected chi connectivity index (χ0v) is 14.9. The minimum absolute atomic E-state index is 0.314. The van der Waals surface area contributed by atoms with Gasteiger partial charge in [0.05, 0.1) is 30.0 Å².